The summed E-state index contributed by atoms with van der Waals surface area (Å²) in [6.07, 6.45) is 12.3. The van der Waals surface area contributed by atoms with Crippen molar-refractivity contribution in [3.63, 3.8) is 0 Å². The number of carboxylic acids is 2. The first-order valence-electron chi connectivity index (χ1n) is 26.6. The van der Waals surface area contributed by atoms with E-state index in [0.29, 0.717) is 111 Å². The topological polar surface area (TPSA) is 219 Å². The Morgan fingerprint density at radius 1 is 0.522 bits per heavy atom. The molecule has 0 amide bonds. The Morgan fingerprint density at radius 3 is 1.21 bits per heavy atom. The van der Waals surface area contributed by atoms with Gasteiger partial charge < -0.3 is 50.9 Å². The Labute approximate surface area is 412 Å². The molecule has 382 valence electrons. The SMILES string of the molecule is CNCC(=O)C1C[C@@H](O)C[C@H]2CCC3C(C[C@H](O)[C@@]4(C)C3CC[C@@H]4[C@H](C)CCC(=O)[O-])[C@@]12C.CNCC(=O)C1C[C@@H](O)C[C@H]2CCC3C(C[C@H](O)[C@@]4(C)C3CC[C@@H]4[C@H](C)CCC(=O)[O-])[C@@]12C.[Fe+2]. The van der Waals surface area contributed by atoms with Crippen LogP contribution in [0.2, 0.25) is 0 Å². The normalized spacial score (nSPS) is 47.1. The molecule has 0 aliphatic heterocycles. The van der Waals surface area contributed by atoms with Crippen LogP contribution in [0.1, 0.15) is 157 Å². The second-order valence-corrected chi connectivity index (χ2v) is 24.8. The summed E-state index contributed by atoms with van der Waals surface area (Å²) in [4.78, 5) is 48.6. The maximum absolute atomic E-state index is 13.2. The predicted molar refractivity (Wildman–Crippen MR) is 248 cm³/mol. The molecule has 0 aromatic rings. The van der Waals surface area contributed by atoms with Gasteiger partial charge in [0.1, 0.15) is 11.6 Å². The molecule has 22 atom stereocenters. The molecular formula is C54H88FeN2O10. The van der Waals surface area contributed by atoms with E-state index in [1.165, 1.54) is 0 Å². The first kappa shape index (κ1) is 54.9. The number of rotatable bonds is 14. The number of carboxylic acid groups (broad SMARTS) is 2. The molecule has 8 fully saturated rings. The fraction of sp³-hybridized carbons (Fsp3) is 0.926. The maximum Gasteiger partial charge on any atom is 2.00 e. The number of carbonyl (C=O) groups is 4. The van der Waals surface area contributed by atoms with E-state index in [4.69, 9.17) is 0 Å². The first-order valence-corrected chi connectivity index (χ1v) is 26.6. The average Bonchev–Trinajstić information content (AvgIpc) is 3.82. The van der Waals surface area contributed by atoms with Gasteiger partial charge in [-0.3, -0.25) is 9.59 Å². The van der Waals surface area contributed by atoms with Crippen molar-refractivity contribution in [2.45, 2.75) is 182 Å². The van der Waals surface area contributed by atoms with Crippen LogP contribution in [-0.4, -0.2) is 95.5 Å². The number of Topliss-reactive ketones (excluding diaryl/α,β-unsaturated/α-hetero) is 2. The van der Waals surface area contributed by atoms with E-state index < -0.39 is 36.4 Å². The van der Waals surface area contributed by atoms with Crippen molar-refractivity contribution in [2.24, 2.45) is 105 Å². The van der Waals surface area contributed by atoms with Crippen molar-refractivity contribution in [1.82, 2.24) is 10.6 Å². The van der Waals surface area contributed by atoms with Crippen molar-refractivity contribution < 1.29 is 66.9 Å². The van der Waals surface area contributed by atoms with Gasteiger partial charge in [-0.15, -0.1) is 0 Å². The zero-order valence-electron chi connectivity index (χ0n) is 42.1. The number of hydrogen-bond acceptors (Lipinski definition) is 12. The molecule has 0 spiro atoms. The minimum absolute atomic E-state index is 0. The largest absolute Gasteiger partial charge is 2.00 e. The minimum Gasteiger partial charge on any atom is -0.550 e. The molecule has 8 saturated carbocycles. The van der Waals surface area contributed by atoms with Crippen molar-refractivity contribution >= 4 is 23.5 Å². The molecular weight excluding hydrogens is 892 g/mol. The van der Waals surface area contributed by atoms with E-state index >= 15 is 0 Å². The summed E-state index contributed by atoms with van der Waals surface area (Å²) in [5.41, 5.74) is -0.767. The summed E-state index contributed by atoms with van der Waals surface area (Å²) in [5.74, 6) is 2.22. The van der Waals surface area contributed by atoms with Gasteiger partial charge in [0.2, 0.25) is 0 Å². The standard InChI is InChI=1S/2C27H45NO5.Fe/c2*1-15(5-10-25(32)33)19-8-9-20-18-7-6-16-11-17(29)12-22(23(30)14-28-4)26(16,2)21(18)13-24(31)27(19,20)3;/h2*15-22,24,28-29,31H,5-14H2,1-4H3,(H,32,33);/q;;+2/p-2/t2*15-,16-,17+,18?,19-,20?,21?,22?,24+,26+,27-;/m11./s1. The quantitative estimate of drug-likeness (QED) is 0.134. The van der Waals surface area contributed by atoms with Gasteiger partial charge in [-0.25, -0.2) is 0 Å². The number of aliphatic hydroxyl groups is 4. The smallest absolute Gasteiger partial charge is 0.550 e. The third-order valence-corrected chi connectivity index (χ3v) is 22.4. The van der Waals surface area contributed by atoms with Gasteiger partial charge in [0.15, 0.2) is 0 Å². The number of aliphatic hydroxyl groups excluding tert-OH is 4. The van der Waals surface area contributed by atoms with Crippen LogP contribution in [0.3, 0.4) is 0 Å². The van der Waals surface area contributed by atoms with E-state index in [1.54, 1.807) is 14.1 Å². The number of aliphatic carboxylic acids is 2. The van der Waals surface area contributed by atoms with Crippen LogP contribution in [0.5, 0.6) is 0 Å². The second kappa shape index (κ2) is 21.3. The Balaban J connectivity index is 0.000000218. The van der Waals surface area contributed by atoms with E-state index in [2.05, 4.69) is 52.2 Å². The van der Waals surface area contributed by atoms with Gasteiger partial charge in [0.25, 0.3) is 0 Å². The molecule has 0 aromatic carbocycles. The Bertz CT molecular complexity index is 1650. The van der Waals surface area contributed by atoms with E-state index in [1.807, 2.05) is 0 Å². The van der Waals surface area contributed by atoms with Crippen LogP contribution < -0.4 is 20.8 Å². The molecule has 0 aromatic heterocycles. The van der Waals surface area contributed by atoms with Crippen LogP contribution in [0.15, 0.2) is 0 Å². The minimum atomic E-state index is -0.992. The summed E-state index contributed by atoms with van der Waals surface area (Å²) < 4.78 is 0. The van der Waals surface area contributed by atoms with Crippen LogP contribution in [0.25, 0.3) is 0 Å². The van der Waals surface area contributed by atoms with Gasteiger partial charge in [0, 0.05) is 23.8 Å². The summed E-state index contributed by atoms with van der Waals surface area (Å²) >= 11 is 0. The first-order chi connectivity index (χ1) is 31.1. The number of hydrogen-bond donors (Lipinski definition) is 6. The molecule has 8 rings (SSSR count). The zero-order chi connectivity index (χ0) is 48.3. The number of fused-ring (bicyclic) bond motifs is 10. The second-order valence-electron chi connectivity index (χ2n) is 24.8. The molecule has 0 radical (unpaired) electrons. The van der Waals surface area contributed by atoms with E-state index in [9.17, 15) is 49.8 Å². The predicted octanol–water partition coefficient (Wildman–Crippen LogP) is 4.31. The molecule has 6 N–H and O–H groups in total. The maximum atomic E-state index is 13.2. The van der Waals surface area contributed by atoms with Gasteiger partial charge in [-0.05, 0) is 222 Å². The monoisotopic (exact) mass is 981 g/mol. The van der Waals surface area contributed by atoms with E-state index in [0.717, 1.165) is 64.2 Å². The number of ketones is 2. The van der Waals surface area contributed by atoms with Crippen molar-refractivity contribution in [1.29, 1.82) is 0 Å². The van der Waals surface area contributed by atoms with Crippen LogP contribution >= 0.6 is 0 Å². The molecule has 8 aliphatic rings. The van der Waals surface area contributed by atoms with Crippen molar-refractivity contribution in [3.05, 3.63) is 0 Å². The zero-order valence-corrected chi connectivity index (χ0v) is 43.2. The fourth-order valence-electron chi connectivity index (χ4n) is 19.2. The third-order valence-electron chi connectivity index (χ3n) is 22.4. The Hall–Kier alpha value is -1.44. The number of likely N-dealkylation sites (N-methyl/N-ethyl adjacent to an activating group) is 2. The number of carbonyl (C=O) groups excluding carboxylic acids is 4. The summed E-state index contributed by atoms with van der Waals surface area (Å²) in [5, 5.41) is 72.7. The molecule has 8 unspecified atom stereocenters. The summed E-state index contributed by atoms with van der Waals surface area (Å²) in [6, 6.07) is 0. The number of nitrogens with one attached hydrogen (secondary N) is 2. The average molecular weight is 981 g/mol. The van der Waals surface area contributed by atoms with Crippen LogP contribution in [0, 0.1) is 105 Å². The van der Waals surface area contributed by atoms with Crippen LogP contribution in [0.4, 0.5) is 0 Å². The molecule has 0 heterocycles. The summed E-state index contributed by atoms with van der Waals surface area (Å²) in [7, 11) is 3.60. The Morgan fingerprint density at radius 2 is 0.881 bits per heavy atom. The molecule has 0 bridgehead atoms. The van der Waals surface area contributed by atoms with E-state index in [-0.39, 0.29) is 86.8 Å². The third kappa shape index (κ3) is 9.56. The molecule has 12 nitrogen and oxygen atoms in total. The van der Waals surface area contributed by atoms with Crippen molar-refractivity contribution in [3.8, 4) is 0 Å². The molecule has 67 heavy (non-hydrogen) atoms. The molecule has 13 heteroatoms. The summed E-state index contributed by atoms with van der Waals surface area (Å²) in [6.45, 7) is 14.1. The van der Waals surface area contributed by atoms with Gasteiger partial charge in [-0.2, -0.15) is 0 Å². The van der Waals surface area contributed by atoms with Gasteiger partial charge >= 0.3 is 17.1 Å². The van der Waals surface area contributed by atoms with Crippen LogP contribution in [-0.2, 0) is 36.2 Å². The van der Waals surface area contributed by atoms with Crippen molar-refractivity contribution in [2.75, 3.05) is 27.2 Å². The van der Waals surface area contributed by atoms with Gasteiger partial charge in [-0.1, -0.05) is 41.5 Å². The molecule has 8 aliphatic carbocycles. The van der Waals surface area contributed by atoms with Gasteiger partial charge in [0.05, 0.1) is 37.5 Å². The fourth-order valence-corrected chi connectivity index (χ4v) is 19.2. The molecule has 0 saturated heterocycles. The Kier molecular flexibility index (Phi) is 17.5.